The molecule has 0 atom stereocenters. The van der Waals surface area contributed by atoms with Crippen molar-refractivity contribution in [3.05, 3.63) is 87.6 Å². The Kier molecular flexibility index (Phi) is 14.8. The third-order valence-corrected chi connectivity index (χ3v) is 5.11. The van der Waals surface area contributed by atoms with Crippen molar-refractivity contribution in [3.8, 4) is 0 Å². The van der Waals surface area contributed by atoms with Crippen molar-refractivity contribution in [2.75, 3.05) is 33.3 Å². The predicted molar refractivity (Wildman–Crippen MR) is 144 cm³/mol. The SMILES string of the molecule is C=C.CC.CO.Cl.Cn1c(=O)c2ccccc2n(Cc2cc(C(=O)N3CCNCC3)c(F)cn2)c1=O. The average molecular weight is 524 g/mol. The number of aliphatic hydroxyl groups excluding tert-OH is 1. The van der Waals surface area contributed by atoms with Gasteiger partial charge in [-0.2, -0.15) is 0 Å². The topological polar surface area (TPSA) is 109 Å². The number of aliphatic hydroxyl groups is 1. The van der Waals surface area contributed by atoms with E-state index in [4.69, 9.17) is 5.11 Å². The molecule has 0 saturated carbocycles. The second-order valence-corrected chi connectivity index (χ2v) is 6.95. The number of fused-ring (bicyclic) bond motifs is 1. The Morgan fingerprint density at radius 3 is 2.33 bits per heavy atom. The molecule has 198 valence electrons. The van der Waals surface area contributed by atoms with Gasteiger partial charge in [0.25, 0.3) is 11.5 Å². The van der Waals surface area contributed by atoms with E-state index in [1.165, 1.54) is 17.7 Å². The fourth-order valence-corrected chi connectivity index (χ4v) is 3.53. The van der Waals surface area contributed by atoms with Crippen LogP contribution >= 0.6 is 12.4 Å². The molecule has 1 aliphatic rings. The Labute approximate surface area is 216 Å². The highest BCUT2D eigenvalue weighted by Gasteiger charge is 2.22. The molecule has 3 aromatic rings. The van der Waals surface area contributed by atoms with Crippen LogP contribution in [0.1, 0.15) is 29.9 Å². The van der Waals surface area contributed by atoms with Crippen LogP contribution in [0.4, 0.5) is 4.39 Å². The first-order valence-electron chi connectivity index (χ1n) is 11.2. The van der Waals surface area contributed by atoms with Gasteiger partial charge in [-0.15, -0.1) is 25.6 Å². The lowest BCUT2D eigenvalue weighted by molar-refractivity contribution is 0.0730. The number of nitrogens with one attached hydrogen (secondary N) is 1. The fourth-order valence-electron chi connectivity index (χ4n) is 3.53. The molecule has 1 aromatic carbocycles. The van der Waals surface area contributed by atoms with E-state index in [2.05, 4.69) is 23.5 Å². The van der Waals surface area contributed by atoms with Gasteiger partial charge in [0.15, 0.2) is 5.82 Å². The molecule has 1 saturated heterocycles. The van der Waals surface area contributed by atoms with Gasteiger partial charge >= 0.3 is 5.69 Å². The van der Waals surface area contributed by atoms with Crippen LogP contribution < -0.4 is 16.6 Å². The van der Waals surface area contributed by atoms with Gasteiger partial charge in [-0.1, -0.05) is 26.0 Å². The van der Waals surface area contributed by atoms with Gasteiger partial charge in [-0.3, -0.25) is 23.7 Å². The summed E-state index contributed by atoms with van der Waals surface area (Å²) in [6, 6.07) is 8.15. The van der Waals surface area contributed by atoms with E-state index in [9.17, 15) is 18.8 Å². The van der Waals surface area contributed by atoms with Gasteiger partial charge in [-0.25, -0.2) is 9.18 Å². The molecule has 0 radical (unpaired) electrons. The summed E-state index contributed by atoms with van der Waals surface area (Å²) in [6.45, 7) is 12.3. The fraction of sp³-hybridized carbons (Fsp3) is 0.360. The molecule has 36 heavy (non-hydrogen) atoms. The van der Waals surface area contributed by atoms with E-state index in [0.717, 1.165) is 17.9 Å². The minimum absolute atomic E-state index is 0. The van der Waals surface area contributed by atoms with Crippen LogP contribution in [0.15, 0.2) is 59.3 Å². The lowest BCUT2D eigenvalue weighted by Gasteiger charge is -2.27. The molecule has 1 fully saturated rings. The lowest BCUT2D eigenvalue weighted by atomic mass is 10.1. The van der Waals surface area contributed by atoms with E-state index in [1.807, 2.05) is 13.8 Å². The second-order valence-electron chi connectivity index (χ2n) is 6.95. The van der Waals surface area contributed by atoms with Crippen LogP contribution in [0, 0.1) is 5.82 Å². The molecule has 3 heterocycles. The van der Waals surface area contributed by atoms with Gasteiger partial charge < -0.3 is 15.3 Å². The van der Waals surface area contributed by atoms with E-state index in [-0.39, 0.29) is 30.1 Å². The molecule has 2 aromatic heterocycles. The maximum absolute atomic E-state index is 14.3. The quantitative estimate of drug-likeness (QED) is 0.509. The third-order valence-electron chi connectivity index (χ3n) is 5.11. The van der Waals surface area contributed by atoms with E-state index in [1.54, 1.807) is 29.2 Å². The van der Waals surface area contributed by atoms with Gasteiger partial charge in [0.1, 0.15) is 0 Å². The highest BCUT2D eigenvalue weighted by atomic mass is 35.5. The standard InChI is InChI=1S/C20H20FN5O3.C2H6.C2H4.CH4O.ClH/c1-24-18(27)14-4-2-3-5-17(14)26(20(24)29)12-13-10-15(16(21)11-23-13)19(28)25-8-6-22-7-9-25;3*1-2;/h2-5,10-11,22H,6-9,12H2,1H3;1-2H3;1-2H2;2H,1H3;1H. The van der Waals surface area contributed by atoms with Gasteiger partial charge in [-0.05, 0) is 18.2 Å². The smallest absolute Gasteiger partial charge is 0.331 e. The Morgan fingerprint density at radius 1 is 1.14 bits per heavy atom. The number of para-hydroxylation sites is 1. The number of rotatable bonds is 3. The first-order valence-corrected chi connectivity index (χ1v) is 11.2. The third kappa shape index (κ3) is 7.33. The number of aromatic nitrogens is 3. The van der Waals surface area contributed by atoms with Crippen molar-refractivity contribution < 1.29 is 14.3 Å². The molecular weight excluding hydrogens is 489 g/mol. The van der Waals surface area contributed by atoms with Crippen molar-refractivity contribution in [2.45, 2.75) is 20.4 Å². The molecule has 2 N–H and O–H groups in total. The molecular formula is C25H35ClFN5O4. The molecule has 0 aliphatic carbocycles. The minimum Gasteiger partial charge on any atom is -0.400 e. The Hall–Kier alpha value is -3.34. The van der Waals surface area contributed by atoms with Crippen molar-refractivity contribution in [2.24, 2.45) is 7.05 Å². The number of amides is 1. The highest BCUT2D eigenvalue weighted by molar-refractivity contribution is 5.94. The Bertz CT molecular complexity index is 1240. The highest BCUT2D eigenvalue weighted by Crippen LogP contribution is 2.14. The summed E-state index contributed by atoms with van der Waals surface area (Å²) in [5.41, 5.74) is -0.144. The number of pyridine rings is 1. The number of halogens is 2. The molecule has 0 unspecified atom stereocenters. The monoisotopic (exact) mass is 523 g/mol. The van der Waals surface area contributed by atoms with Crippen LogP contribution in [-0.2, 0) is 13.6 Å². The minimum atomic E-state index is -0.699. The van der Waals surface area contributed by atoms with Crippen LogP contribution in [0.3, 0.4) is 0 Å². The van der Waals surface area contributed by atoms with Gasteiger partial charge in [0.2, 0.25) is 0 Å². The summed E-state index contributed by atoms with van der Waals surface area (Å²) < 4.78 is 16.7. The normalized spacial score (nSPS) is 12.0. The van der Waals surface area contributed by atoms with Gasteiger partial charge in [0.05, 0.1) is 34.9 Å². The van der Waals surface area contributed by atoms with Crippen molar-refractivity contribution in [1.29, 1.82) is 0 Å². The largest absolute Gasteiger partial charge is 0.400 e. The summed E-state index contributed by atoms with van der Waals surface area (Å²) in [5, 5.41) is 10.5. The summed E-state index contributed by atoms with van der Waals surface area (Å²) in [7, 11) is 2.41. The van der Waals surface area contributed by atoms with Crippen LogP contribution in [0.5, 0.6) is 0 Å². The van der Waals surface area contributed by atoms with E-state index < -0.39 is 17.4 Å². The summed E-state index contributed by atoms with van der Waals surface area (Å²) in [4.78, 5) is 43.4. The van der Waals surface area contributed by atoms with Crippen LogP contribution in [0.2, 0.25) is 0 Å². The number of hydrogen-bond acceptors (Lipinski definition) is 6. The molecule has 1 amide bonds. The lowest BCUT2D eigenvalue weighted by Crippen LogP contribution is -2.46. The molecule has 9 nitrogen and oxygen atoms in total. The predicted octanol–water partition coefficient (Wildman–Crippen LogP) is 2.19. The molecule has 1 aliphatic heterocycles. The zero-order valence-corrected chi connectivity index (χ0v) is 22.0. The second kappa shape index (κ2) is 16.4. The molecule has 0 bridgehead atoms. The summed E-state index contributed by atoms with van der Waals surface area (Å²) >= 11 is 0. The number of nitrogens with zero attached hydrogens (tertiary/aromatic N) is 4. The van der Waals surface area contributed by atoms with Crippen molar-refractivity contribution in [3.63, 3.8) is 0 Å². The first kappa shape index (κ1) is 32.7. The van der Waals surface area contributed by atoms with Crippen LogP contribution in [-0.4, -0.2) is 63.3 Å². The molecule has 4 rings (SSSR count). The van der Waals surface area contributed by atoms with E-state index in [0.29, 0.717) is 42.8 Å². The van der Waals surface area contributed by atoms with Crippen LogP contribution in [0.25, 0.3) is 10.9 Å². The van der Waals surface area contributed by atoms with Crippen molar-refractivity contribution in [1.82, 2.24) is 24.3 Å². The number of hydrogen-bond donors (Lipinski definition) is 2. The maximum Gasteiger partial charge on any atom is 0.331 e. The maximum atomic E-state index is 14.3. The molecule has 11 heteroatoms. The van der Waals surface area contributed by atoms with Crippen molar-refractivity contribution >= 4 is 29.2 Å². The Morgan fingerprint density at radius 2 is 1.72 bits per heavy atom. The summed E-state index contributed by atoms with van der Waals surface area (Å²) in [5.74, 6) is -1.10. The Balaban J connectivity index is 0.00000163. The zero-order chi connectivity index (χ0) is 26.5. The average Bonchev–Trinajstić information content (AvgIpc) is 2.94. The number of piperazine rings is 1. The van der Waals surface area contributed by atoms with E-state index >= 15 is 0 Å². The first-order chi connectivity index (χ1) is 17.0. The number of carbonyl (C=O) groups is 1. The number of carbonyl (C=O) groups excluding carboxylic acids is 1. The number of benzene rings is 1. The zero-order valence-electron chi connectivity index (χ0n) is 21.2. The van der Waals surface area contributed by atoms with Gasteiger partial charge in [0, 0.05) is 40.3 Å². The summed E-state index contributed by atoms with van der Waals surface area (Å²) in [6.07, 6.45) is 1.000. The molecule has 0 spiro atoms.